The fourth-order valence-corrected chi connectivity index (χ4v) is 2.86. The summed E-state index contributed by atoms with van der Waals surface area (Å²) in [6.45, 7) is 4.10. The molecule has 0 rings (SSSR count). The van der Waals surface area contributed by atoms with Gasteiger partial charge in [-0.25, -0.2) is 3.89 Å². The summed E-state index contributed by atoms with van der Waals surface area (Å²) in [7, 11) is -5.11. The summed E-state index contributed by atoms with van der Waals surface area (Å²) in [5.41, 5.74) is -5.17. The molecule has 0 atom stereocenters. The maximum absolute atomic E-state index is 12.3. The van der Waals surface area contributed by atoms with Gasteiger partial charge in [0.15, 0.2) is 0 Å². The van der Waals surface area contributed by atoms with E-state index in [2.05, 4.69) is 0 Å². The molecule has 0 amide bonds. The van der Waals surface area contributed by atoms with Gasteiger partial charge in [-0.2, -0.15) is 21.6 Å². The van der Waals surface area contributed by atoms with Crippen molar-refractivity contribution < 1.29 is 25.5 Å². The van der Waals surface area contributed by atoms with Crippen molar-refractivity contribution in [2.24, 2.45) is 0 Å². The molecule has 0 unspecified atom stereocenters. The molecule has 7 heteroatoms. The van der Waals surface area contributed by atoms with Gasteiger partial charge in [0.2, 0.25) is 0 Å². The summed E-state index contributed by atoms with van der Waals surface area (Å²) in [6.07, 6.45) is 0. The van der Waals surface area contributed by atoms with E-state index in [-0.39, 0.29) is 19.6 Å². The number of alkyl halides is 3. The van der Waals surface area contributed by atoms with E-state index in [4.69, 9.17) is 0 Å². The van der Waals surface area contributed by atoms with E-state index in [9.17, 15) is 21.6 Å². The second-order valence-electron chi connectivity index (χ2n) is 2.93. The third-order valence-electron chi connectivity index (χ3n) is 2.53. The maximum Gasteiger partial charge on any atom is 0.549 e. The quantitative estimate of drug-likeness (QED) is 0.694. The van der Waals surface area contributed by atoms with Crippen molar-refractivity contribution in [1.82, 2.24) is 0 Å². The molecule has 0 aromatic heterocycles. The van der Waals surface area contributed by atoms with Gasteiger partial charge in [0.05, 0.1) is 19.6 Å². The fraction of sp³-hybridized carbons (Fsp3) is 1.00. The Morgan fingerprint density at radius 2 is 1.29 bits per heavy atom. The van der Waals surface area contributed by atoms with Crippen LogP contribution in [-0.2, 0) is 10.0 Å². The zero-order chi connectivity index (χ0) is 11.6. The van der Waals surface area contributed by atoms with Crippen LogP contribution in [0.25, 0.3) is 0 Å². The smallest absolute Gasteiger partial charge is 0.211 e. The van der Waals surface area contributed by atoms with Crippen LogP contribution in [0.1, 0.15) is 20.8 Å². The van der Waals surface area contributed by atoms with Crippen molar-refractivity contribution in [3.05, 3.63) is 0 Å². The number of sulfonamides is 1. The molecule has 0 aliphatic carbocycles. The summed E-state index contributed by atoms with van der Waals surface area (Å²) >= 11 is 0. The van der Waals surface area contributed by atoms with Gasteiger partial charge in [0.25, 0.3) is 0 Å². The number of hydrogen-bond donors (Lipinski definition) is 0. The van der Waals surface area contributed by atoms with E-state index in [0.717, 1.165) is 0 Å². The lowest BCUT2D eigenvalue weighted by Gasteiger charge is -2.33. The van der Waals surface area contributed by atoms with Crippen molar-refractivity contribution in [2.45, 2.75) is 26.3 Å². The molecule has 0 radical (unpaired) electrons. The third kappa shape index (κ3) is 1.88. The second-order valence-corrected chi connectivity index (χ2v) is 5.12. The van der Waals surface area contributed by atoms with Crippen LogP contribution in [-0.4, -0.2) is 37.4 Å². The highest BCUT2D eigenvalue weighted by Gasteiger charge is 2.58. The lowest BCUT2D eigenvalue weighted by atomic mass is 10.5. The number of nitrogens with zero attached hydrogens (tertiary/aromatic N) is 1. The minimum Gasteiger partial charge on any atom is -0.211 e. The predicted molar refractivity (Wildman–Crippen MR) is 46.9 cm³/mol. The summed E-state index contributed by atoms with van der Waals surface area (Å²) in [6, 6.07) is 0. The first kappa shape index (κ1) is 13.7. The second kappa shape index (κ2) is 4.06. The summed E-state index contributed by atoms with van der Waals surface area (Å²) in [4.78, 5) is 0. The van der Waals surface area contributed by atoms with E-state index >= 15 is 0 Å². The van der Waals surface area contributed by atoms with Gasteiger partial charge in [-0.15, -0.1) is 0 Å². The SMILES string of the molecule is CC[N+](CC)(CC)S(=O)(=O)C(F)(F)F. The standard InChI is InChI=1S/C7H15F3NO2S/c1-4-11(5-2,6-3)14(12,13)7(8,9)10/h4-6H2,1-3H3/q+1. The summed E-state index contributed by atoms with van der Waals surface area (Å²) in [5, 5.41) is 0. The average molecular weight is 234 g/mol. The lowest BCUT2D eigenvalue weighted by Crippen LogP contribution is -2.57. The Morgan fingerprint density at radius 1 is 1.00 bits per heavy atom. The first-order valence-corrected chi connectivity index (χ1v) is 5.80. The molecule has 0 saturated heterocycles. The highest BCUT2D eigenvalue weighted by Crippen LogP contribution is 2.31. The third-order valence-corrected chi connectivity index (χ3v) is 4.91. The number of quaternary nitrogens is 1. The van der Waals surface area contributed by atoms with Gasteiger partial charge < -0.3 is 0 Å². The monoisotopic (exact) mass is 234 g/mol. The van der Waals surface area contributed by atoms with Crippen molar-refractivity contribution in [3.63, 3.8) is 0 Å². The van der Waals surface area contributed by atoms with Crippen molar-refractivity contribution in [1.29, 1.82) is 0 Å². The Labute approximate surface area is 82.2 Å². The molecule has 0 aromatic rings. The zero-order valence-electron chi connectivity index (χ0n) is 8.43. The van der Waals surface area contributed by atoms with Crippen LogP contribution < -0.4 is 0 Å². The fourth-order valence-electron chi connectivity index (χ4n) is 1.40. The zero-order valence-corrected chi connectivity index (χ0v) is 9.24. The summed E-state index contributed by atoms with van der Waals surface area (Å²) < 4.78 is 58.4. The average Bonchev–Trinajstić information content (AvgIpc) is 2.06. The van der Waals surface area contributed by atoms with Crippen LogP contribution in [0.15, 0.2) is 0 Å². The molecule has 0 aliphatic rings. The molecule has 86 valence electrons. The molecule has 0 heterocycles. The van der Waals surface area contributed by atoms with Crippen molar-refractivity contribution in [3.8, 4) is 0 Å². The van der Waals surface area contributed by atoms with Crippen LogP contribution in [0.2, 0.25) is 0 Å². The van der Waals surface area contributed by atoms with Crippen LogP contribution in [0.3, 0.4) is 0 Å². The Balaban J connectivity index is 5.45. The molecule has 0 aromatic carbocycles. The number of hydrogen-bond acceptors (Lipinski definition) is 2. The molecule has 0 N–H and O–H groups in total. The molecule has 0 aliphatic heterocycles. The molecule has 3 nitrogen and oxygen atoms in total. The van der Waals surface area contributed by atoms with E-state index in [1.54, 1.807) is 0 Å². The van der Waals surface area contributed by atoms with Gasteiger partial charge in [-0.3, -0.25) is 0 Å². The van der Waals surface area contributed by atoms with Gasteiger partial charge >= 0.3 is 15.5 Å². The molecular formula is C7H15F3NO2S+. The topological polar surface area (TPSA) is 34.1 Å². The van der Waals surface area contributed by atoms with E-state index in [1.165, 1.54) is 20.8 Å². The van der Waals surface area contributed by atoms with Crippen molar-refractivity contribution >= 4 is 10.0 Å². The van der Waals surface area contributed by atoms with E-state index < -0.39 is 19.4 Å². The molecule has 14 heavy (non-hydrogen) atoms. The van der Waals surface area contributed by atoms with Gasteiger partial charge in [-0.1, -0.05) is 0 Å². The largest absolute Gasteiger partial charge is 0.549 e. The van der Waals surface area contributed by atoms with Gasteiger partial charge in [0, 0.05) is 0 Å². The first-order chi connectivity index (χ1) is 6.18. The normalized spacial score (nSPS) is 14.4. The van der Waals surface area contributed by atoms with Crippen LogP contribution >= 0.6 is 0 Å². The van der Waals surface area contributed by atoms with Gasteiger partial charge in [0.1, 0.15) is 0 Å². The summed E-state index contributed by atoms with van der Waals surface area (Å²) in [5.74, 6) is 0. The minimum absolute atomic E-state index is 0.0746. The Kier molecular flexibility index (Phi) is 3.97. The van der Waals surface area contributed by atoms with Crippen LogP contribution in [0, 0.1) is 0 Å². The highest BCUT2D eigenvalue weighted by molar-refractivity contribution is 7.86. The Morgan fingerprint density at radius 3 is 1.36 bits per heavy atom. The number of rotatable bonds is 4. The lowest BCUT2D eigenvalue weighted by molar-refractivity contribution is -0.803. The van der Waals surface area contributed by atoms with Gasteiger partial charge in [-0.05, 0) is 20.8 Å². The van der Waals surface area contributed by atoms with Crippen LogP contribution in [0.5, 0.6) is 0 Å². The van der Waals surface area contributed by atoms with E-state index in [0.29, 0.717) is 0 Å². The molecule has 0 saturated carbocycles. The maximum atomic E-state index is 12.3. The van der Waals surface area contributed by atoms with E-state index in [1.807, 2.05) is 0 Å². The molecular weight excluding hydrogens is 219 g/mol. The first-order valence-electron chi connectivity index (χ1n) is 4.36. The molecule has 0 fully saturated rings. The number of halogens is 3. The van der Waals surface area contributed by atoms with Crippen molar-refractivity contribution in [2.75, 3.05) is 19.6 Å². The molecule has 0 bridgehead atoms. The van der Waals surface area contributed by atoms with Crippen LogP contribution in [0.4, 0.5) is 13.2 Å². The highest BCUT2D eigenvalue weighted by atomic mass is 32.2. The molecule has 0 spiro atoms. The predicted octanol–water partition coefficient (Wildman–Crippen LogP) is 1.71. The Hall–Kier alpha value is -0.300. The minimum atomic E-state index is -5.17. The Bertz CT molecular complexity index is 272.